The largest absolute Gasteiger partial charge is 0.326 e. The lowest BCUT2D eigenvalue weighted by Gasteiger charge is -2.20. The van der Waals surface area contributed by atoms with Crippen molar-refractivity contribution in [3.05, 3.63) is 24.3 Å². The van der Waals surface area contributed by atoms with E-state index in [2.05, 4.69) is 5.32 Å². The number of hydrogen-bond donors (Lipinski definition) is 1. The molecule has 2 bridgehead atoms. The van der Waals surface area contributed by atoms with Gasteiger partial charge in [0.05, 0.1) is 10.6 Å². The van der Waals surface area contributed by atoms with Gasteiger partial charge < -0.3 is 5.32 Å². The SMILES string of the molecule is CCS(=O)(=O)c1ccc(NC(=O)C[C@H]2C[C@H]3CC[C@H]2C3)cc1. The van der Waals surface area contributed by atoms with Gasteiger partial charge in [-0.2, -0.15) is 0 Å². The van der Waals surface area contributed by atoms with Crippen molar-refractivity contribution in [2.45, 2.75) is 43.9 Å². The fourth-order valence-electron chi connectivity index (χ4n) is 3.99. The van der Waals surface area contributed by atoms with E-state index in [1.807, 2.05) is 0 Å². The Labute approximate surface area is 132 Å². The number of anilines is 1. The van der Waals surface area contributed by atoms with Crippen LogP contribution in [0.3, 0.4) is 0 Å². The molecule has 22 heavy (non-hydrogen) atoms. The monoisotopic (exact) mass is 321 g/mol. The van der Waals surface area contributed by atoms with Crippen LogP contribution in [0, 0.1) is 17.8 Å². The second-order valence-electron chi connectivity index (χ2n) is 6.62. The van der Waals surface area contributed by atoms with Crippen LogP contribution in [0.4, 0.5) is 5.69 Å². The van der Waals surface area contributed by atoms with Gasteiger partial charge in [-0.3, -0.25) is 4.79 Å². The molecule has 2 aliphatic carbocycles. The molecule has 3 rings (SSSR count). The molecule has 0 saturated heterocycles. The lowest BCUT2D eigenvalue weighted by atomic mass is 9.86. The number of rotatable bonds is 5. The van der Waals surface area contributed by atoms with Gasteiger partial charge in [0.25, 0.3) is 0 Å². The number of sulfone groups is 1. The van der Waals surface area contributed by atoms with E-state index in [-0.39, 0.29) is 11.7 Å². The Morgan fingerprint density at radius 2 is 1.91 bits per heavy atom. The summed E-state index contributed by atoms with van der Waals surface area (Å²) in [5.41, 5.74) is 0.670. The van der Waals surface area contributed by atoms with Gasteiger partial charge in [-0.15, -0.1) is 0 Å². The summed E-state index contributed by atoms with van der Waals surface area (Å²) in [6, 6.07) is 6.46. The minimum absolute atomic E-state index is 0.0450. The summed E-state index contributed by atoms with van der Waals surface area (Å²) in [7, 11) is -3.18. The first-order valence-corrected chi connectivity index (χ1v) is 9.76. The Morgan fingerprint density at radius 3 is 2.45 bits per heavy atom. The molecule has 0 radical (unpaired) electrons. The molecule has 2 fully saturated rings. The zero-order valence-electron chi connectivity index (χ0n) is 12.9. The van der Waals surface area contributed by atoms with Gasteiger partial charge in [0, 0.05) is 12.1 Å². The Bertz CT molecular complexity index is 651. The van der Waals surface area contributed by atoms with Crippen LogP contribution < -0.4 is 5.32 Å². The first-order chi connectivity index (χ1) is 10.5. The summed E-state index contributed by atoms with van der Waals surface area (Å²) in [5, 5.41) is 2.89. The van der Waals surface area contributed by atoms with E-state index < -0.39 is 9.84 Å². The molecule has 1 aromatic carbocycles. The van der Waals surface area contributed by atoms with Gasteiger partial charge in [-0.05, 0) is 61.3 Å². The Kier molecular flexibility index (Phi) is 4.26. The lowest BCUT2D eigenvalue weighted by molar-refractivity contribution is -0.117. The van der Waals surface area contributed by atoms with Crippen molar-refractivity contribution in [2.75, 3.05) is 11.1 Å². The first-order valence-electron chi connectivity index (χ1n) is 8.10. The highest BCUT2D eigenvalue weighted by molar-refractivity contribution is 7.91. The number of carbonyl (C=O) groups is 1. The van der Waals surface area contributed by atoms with Crippen molar-refractivity contribution in [2.24, 2.45) is 17.8 Å². The van der Waals surface area contributed by atoms with Crippen molar-refractivity contribution < 1.29 is 13.2 Å². The molecule has 2 saturated carbocycles. The molecule has 0 heterocycles. The molecule has 1 amide bonds. The van der Waals surface area contributed by atoms with Crippen molar-refractivity contribution in [3.63, 3.8) is 0 Å². The minimum atomic E-state index is -3.18. The van der Waals surface area contributed by atoms with E-state index in [4.69, 9.17) is 0 Å². The third-order valence-electron chi connectivity index (χ3n) is 5.21. The molecule has 0 aromatic heterocycles. The third kappa shape index (κ3) is 3.19. The summed E-state index contributed by atoms with van der Waals surface area (Å²) in [6.07, 6.45) is 5.73. The Hall–Kier alpha value is -1.36. The predicted molar refractivity (Wildman–Crippen MR) is 86.4 cm³/mol. The van der Waals surface area contributed by atoms with Crippen LogP contribution in [0.5, 0.6) is 0 Å². The summed E-state index contributed by atoms with van der Waals surface area (Å²) in [4.78, 5) is 12.5. The zero-order chi connectivity index (χ0) is 15.7. The zero-order valence-corrected chi connectivity index (χ0v) is 13.7. The number of amides is 1. The quantitative estimate of drug-likeness (QED) is 0.905. The maximum atomic E-state index is 12.2. The van der Waals surface area contributed by atoms with Crippen LogP contribution in [-0.4, -0.2) is 20.1 Å². The minimum Gasteiger partial charge on any atom is -0.326 e. The molecule has 1 aromatic rings. The fraction of sp³-hybridized carbons (Fsp3) is 0.588. The van der Waals surface area contributed by atoms with Gasteiger partial charge in [-0.25, -0.2) is 8.42 Å². The third-order valence-corrected chi connectivity index (χ3v) is 6.96. The molecule has 0 aliphatic heterocycles. The number of nitrogens with one attached hydrogen (secondary N) is 1. The molecule has 5 heteroatoms. The summed E-state index contributed by atoms with van der Waals surface area (Å²) in [5.74, 6) is 2.26. The van der Waals surface area contributed by atoms with Gasteiger partial charge in [0.1, 0.15) is 0 Å². The van der Waals surface area contributed by atoms with Crippen LogP contribution in [0.25, 0.3) is 0 Å². The standard InChI is InChI=1S/C17H23NO3S/c1-2-22(20,21)16-7-5-15(6-8-16)18-17(19)11-14-10-12-3-4-13(14)9-12/h5-8,12-14H,2-4,9-11H2,1H3,(H,18,19)/t12-,13-,14+/m0/s1. The second kappa shape index (κ2) is 6.03. The molecule has 0 unspecified atom stereocenters. The van der Waals surface area contributed by atoms with Crippen molar-refractivity contribution in [3.8, 4) is 0 Å². The maximum Gasteiger partial charge on any atom is 0.224 e. The summed E-state index contributed by atoms with van der Waals surface area (Å²) < 4.78 is 23.5. The van der Waals surface area contributed by atoms with E-state index in [0.717, 1.165) is 11.8 Å². The topological polar surface area (TPSA) is 63.2 Å². The Morgan fingerprint density at radius 1 is 1.18 bits per heavy atom. The van der Waals surface area contributed by atoms with Gasteiger partial charge in [0.2, 0.25) is 5.91 Å². The van der Waals surface area contributed by atoms with Crippen molar-refractivity contribution >= 4 is 21.4 Å². The molecule has 1 N–H and O–H groups in total. The van der Waals surface area contributed by atoms with Crippen molar-refractivity contribution in [1.82, 2.24) is 0 Å². The maximum absolute atomic E-state index is 12.2. The molecular weight excluding hydrogens is 298 g/mol. The summed E-state index contributed by atoms with van der Waals surface area (Å²) >= 11 is 0. The normalized spacial score (nSPS) is 27.0. The molecule has 4 nitrogen and oxygen atoms in total. The van der Waals surface area contributed by atoms with Gasteiger partial charge in [0.15, 0.2) is 9.84 Å². The molecule has 3 atom stereocenters. The predicted octanol–water partition coefficient (Wildman–Crippen LogP) is 3.25. The highest BCUT2D eigenvalue weighted by atomic mass is 32.2. The van der Waals surface area contributed by atoms with E-state index in [9.17, 15) is 13.2 Å². The molecule has 2 aliphatic rings. The highest BCUT2D eigenvalue weighted by Gasteiger charge is 2.40. The highest BCUT2D eigenvalue weighted by Crippen LogP contribution is 2.49. The van der Waals surface area contributed by atoms with Crippen LogP contribution in [-0.2, 0) is 14.6 Å². The van der Waals surface area contributed by atoms with Crippen LogP contribution in [0.15, 0.2) is 29.2 Å². The summed E-state index contributed by atoms with van der Waals surface area (Å²) in [6.45, 7) is 1.63. The Balaban J connectivity index is 1.58. The van der Waals surface area contributed by atoms with Crippen LogP contribution in [0.1, 0.15) is 39.0 Å². The smallest absolute Gasteiger partial charge is 0.224 e. The lowest BCUT2D eigenvalue weighted by Crippen LogP contribution is -2.20. The molecular formula is C17H23NO3S. The fourth-order valence-corrected chi connectivity index (χ4v) is 4.87. The second-order valence-corrected chi connectivity index (χ2v) is 8.89. The number of hydrogen-bond acceptors (Lipinski definition) is 3. The number of carbonyl (C=O) groups excluding carboxylic acids is 1. The van der Waals surface area contributed by atoms with E-state index in [0.29, 0.717) is 22.9 Å². The van der Waals surface area contributed by atoms with E-state index in [1.54, 1.807) is 31.2 Å². The molecule has 120 valence electrons. The van der Waals surface area contributed by atoms with Crippen molar-refractivity contribution in [1.29, 1.82) is 0 Å². The number of fused-ring (bicyclic) bond motifs is 2. The average Bonchev–Trinajstić information content (AvgIpc) is 3.10. The van der Waals surface area contributed by atoms with E-state index >= 15 is 0 Å². The van der Waals surface area contributed by atoms with Crippen LogP contribution >= 0.6 is 0 Å². The molecule has 0 spiro atoms. The first kappa shape index (κ1) is 15.5. The van der Waals surface area contributed by atoms with Gasteiger partial charge >= 0.3 is 0 Å². The van der Waals surface area contributed by atoms with Gasteiger partial charge in [-0.1, -0.05) is 13.3 Å². The average molecular weight is 321 g/mol. The van der Waals surface area contributed by atoms with Crippen LogP contribution in [0.2, 0.25) is 0 Å². The number of benzene rings is 1. The van der Waals surface area contributed by atoms with E-state index in [1.165, 1.54) is 25.7 Å².